The second-order valence-corrected chi connectivity index (χ2v) is 6.42. The fraction of sp³-hybridized carbons (Fsp3) is 0.625. The molecule has 0 N–H and O–H groups in total. The molecule has 1 aliphatic heterocycles. The van der Waals surface area contributed by atoms with Gasteiger partial charge in [-0.15, -0.1) is 5.10 Å². The maximum Gasteiger partial charge on any atom is 0.218 e. The molecule has 0 radical (unpaired) electrons. The van der Waals surface area contributed by atoms with E-state index in [-0.39, 0.29) is 5.92 Å². The summed E-state index contributed by atoms with van der Waals surface area (Å²) < 4.78 is 13.0. The molecule has 9 heteroatoms. The van der Waals surface area contributed by atoms with Crippen LogP contribution >= 0.6 is 0 Å². The number of methoxy groups -OCH3 is 1. The number of aromatic nitrogens is 5. The molecule has 25 heavy (non-hydrogen) atoms. The minimum absolute atomic E-state index is 0.187. The SMILES string of the molecule is COc1cc(N2Cc3nnn(C)c3C(COCCN(C)C)C2)ncn1. The van der Waals surface area contributed by atoms with E-state index in [1.54, 1.807) is 7.11 Å². The largest absolute Gasteiger partial charge is 0.481 e. The first-order valence-corrected chi connectivity index (χ1v) is 8.30. The van der Waals surface area contributed by atoms with Crippen LogP contribution in [-0.4, -0.2) is 77.4 Å². The highest BCUT2D eigenvalue weighted by Gasteiger charge is 2.31. The molecule has 0 aliphatic carbocycles. The Morgan fingerprint density at radius 1 is 1.32 bits per heavy atom. The maximum absolute atomic E-state index is 5.90. The van der Waals surface area contributed by atoms with E-state index in [4.69, 9.17) is 9.47 Å². The molecule has 0 saturated heterocycles. The lowest BCUT2D eigenvalue weighted by atomic mass is 9.99. The first kappa shape index (κ1) is 17.6. The van der Waals surface area contributed by atoms with Crippen molar-refractivity contribution >= 4 is 5.82 Å². The van der Waals surface area contributed by atoms with E-state index in [0.29, 0.717) is 25.6 Å². The molecule has 136 valence electrons. The molecule has 0 spiro atoms. The third kappa shape index (κ3) is 4.05. The Labute approximate surface area is 147 Å². The van der Waals surface area contributed by atoms with Gasteiger partial charge in [-0.3, -0.25) is 4.68 Å². The number of aryl methyl sites for hydroxylation is 1. The quantitative estimate of drug-likeness (QED) is 0.662. The highest BCUT2D eigenvalue weighted by Crippen LogP contribution is 2.30. The first-order chi connectivity index (χ1) is 12.1. The van der Waals surface area contributed by atoms with E-state index < -0.39 is 0 Å². The number of hydrogen-bond acceptors (Lipinski definition) is 8. The molecule has 0 saturated carbocycles. The summed E-state index contributed by atoms with van der Waals surface area (Å²) in [5.41, 5.74) is 2.11. The topological polar surface area (TPSA) is 81.4 Å². The Kier molecular flexibility index (Phi) is 5.44. The molecular weight excluding hydrogens is 322 g/mol. The summed E-state index contributed by atoms with van der Waals surface area (Å²) in [6.45, 7) is 3.68. The van der Waals surface area contributed by atoms with Crippen molar-refractivity contribution in [2.24, 2.45) is 7.05 Å². The molecule has 2 aromatic rings. The molecule has 3 rings (SSSR count). The number of likely N-dealkylation sites (N-methyl/N-ethyl adjacent to an activating group) is 1. The molecule has 1 atom stereocenters. The lowest BCUT2D eigenvalue weighted by Crippen LogP contribution is -2.37. The molecule has 0 bridgehead atoms. The molecule has 0 fully saturated rings. The third-order valence-corrected chi connectivity index (χ3v) is 4.27. The van der Waals surface area contributed by atoms with E-state index in [1.165, 1.54) is 6.33 Å². The van der Waals surface area contributed by atoms with Crippen LogP contribution in [-0.2, 0) is 18.3 Å². The van der Waals surface area contributed by atoms with Crippen molar-refractivity contribution < 1.29 is 9.47 Å². The maximum atomic E-state index is 5.90. The second-order valence-electron chi connectivity index (χ2n) is 6.42. The van der Waals surface area contributed by atoms with Crippen LogP contribution in [0.1, 0.15) is 17.3 Å². The Bertz CT molecular complexity index is 704. The Balaban J connectivity index is 1.76. The van der Waals surface area contributed by atoms with E-state index >= 15 is 0 Å². The zero-order valence-electron chi connectivity index (χ0n) is 15.2. The van der Waals surface area contributed by atoms with Crippen LogP contribution in [0.2, 0.25) is 0 Å². The molecule has 9 nitrogen and oxygen atoms in total. The number of hydrogen-bond donors (Lipinski definition) is 0. The van der Waals surface area contributed by atoms with Gasteiger partial charge in [0.25, 0.3) is 0 Å². The van der Waals surface area contributed by atoms with Gasteiger partial charge in [0.1, 0.15) is 17.8 Å². The van der Waals surface area contributed by atoms with Crippen LogP contribution in [0.25, 0.3) is 0 Å². The standard InChI is InChI=1S/C16H25N7O2/c1-21(2)5-6-25-10-12-8-23(9-13-16(12)22(3)20-19-13)14-7-15(24-4)18-11-17-14/h7,11-12H,5-6,8-10H2,1-4H3. The number of nitrogens with zero attached hydrogens (tertiary/aromatic N) is 7. The molecule has 0 amide bonds. The predicted octanol–water partition coefficient (Wildman–Crippen LogP) is 0.296. The smallest absolute Gasteiger partial charge is 0.218 e. The molecule has 1 unspecified atom stereocenters. The van der Waals surface area contributed by atoms with Crippen molar-refractivity contribution in [2.45, 2.75) is 12.5 Å². The monoisotopic (exact) mass is 347 g/mol. The van der Waals surface area contributed by atoms with Gasteiger partial charge in [-0.2, -0.15) is 0 Å². The molecule has 2 aromatic heterocycles. The minimum atomic E-state index is 0.187. The van der Waals surface area contributed by atoms with Gasteiger partial charge in [0, 0.05) is 32.1 Å². The van der Waals surface area contributed by atoms with Gasteiger partial charge in [0.2, 0.25) is 5.88 Å². The summed E-state index contributed by atoms with van der Waals surface area (Å²) in [4.78, 5) is 12.7. The Morgan fingerprint density at radius 3 is 2.92 bits per heavy atom. The molecule has 3 heterocycles. The minimum Gasteiger partial charge on any atom is -0.481 e. The zero-order chi connectivity index (χ0) is 17.8. The average molecular weight is 347 g/mol. The highest BCUT2D eigenvalue weighted by atomic mass is 16.5. The van der Waals surface area contributed by atoms with Gasteiger partial charge in [-0.1, -0.05) is 5.21 Å². The zero-order valence-corrected chi connectivity index (χ0v) is 15.2. The number of anilines is 1. The lowest BCUT2D eigenvalue weighted by Gasteiger charge is -2.33. The van der Waals surface area contributed by atoms with E-state index in [2.05, 4.69) is 30.1 Å². The van der Waals surface area contributed by atoms with Crippen molar-refractivity contribution in [1.29, 1.82) is 0 Å². The van der Waals surface area contributed by atoms with Gasteiger partial charge >= 0.3 is 0 Å². The van der Waals surface area contributed by atoms with Gasteiger partial charge in [-0.05, 0) is 14.1 Å². The van der Waals surface area contributed by atoms with Crippen LogP contribution < -0.4 is 9.64 Å². The number of rotatable bonds is 7. The first-order valence-electron chi connectivity index (χ1n) is 8.30. The fourth-order valence-electron chi connectivity index (χ4n) is 3.01. The summed E-state index contributed by atoms with van der Waals surface area (Å²) in [6, 6.07) is 1.84. The predicted molar refractivity (Wildman–Crippen MR) is 92.8 cm³/mol. The van der Waals surface area contributed by atoms with Crippen LogP contribution in [0.15, 0.2) is 12.4 Å². The van der Waals surface area contributed by atoms with Crippen molar-refractivity contribution in [1.82, 2.24) is 29.9 Å². The second kappa shape index (κ2) is 7.75. The van der Waals surface area contributed by atoms with E-state index in [0.717, 1.165) is 30.3 Å². The Morgan fingerprint density at radius 2 is 2.16 bits per heavy atom. The van der Waals surface area contributed by atoms with Crippen LogP contribution in [0.4, 0.5) is 5.82 Å². The van der Waals surface area contributed by atoms with E-state index in [9.17, 15) is 0 Å². The normalized spacial score (nSPS) is 17.0. The van der Waals surface area contributed by atoms with Crippen LogP contribution in [0, 0.1) is 0 Å². The molecule has 0 aromatic carbocycles. The van der Waals surface area contributed by atoms with E-state index in [1.807, 2.05) is 31.9 Å². The van der Waals surface area contributed by atoms with Crippen LogP contribution in [0.3, 0.4) is 0 Å². The van der Waals surface area contributed by atoms with Crippen molar-refractivity contribution in [2.75, 3.05) is 52.4 Å². The van der Waals surface area contributed by atoms with Gasteiger partial charge in [-0.25, -0.2) is 9.97 Å². The summed E-state index contributed by atoms with van der Waals surface area (Å²) >= 11 is 0. The Hall–Kier alpha value is -2.26. The summed E-state index contributed by atoms with van der Waals surface area (Å²) in [5, 5.41) is 8.50. The fourth-order valence-corrected chi connectivity index (χ4v) is 3.01. The molecular formula is C16H25N7O2. The van der Waals surface area contributed by atoms with Crippen molar-refractivity contribution in [3.63, 3.8) is 0 Å². The number of fused-ring (bicyclic) bond motifs is 1. The summed E-state index contributed by atoms with van der Waals surface area (Å²) in [5.74, 6) is 1.56. The third-order valence-electron chi connectivity index (χ3n) is 4.27. The van der Waals surface area contributed by atoms with Gasteiger partial charge in [0.05, 0.1) is 32.6 Å². The summed E-state index contributed by atoms with van der Waals surface area (Å²) in [6.07, 6.45) is 1.52. The highest BCUT2D eigenvalue weighted by molar-refractivity contribution is 5.44. The molecule has 1 aliphatic rings. The number of ether oxygens (including phenoxy) is 2. The average Bonchev–Trinajstić information content (AvgIpc) is 2.99. The van der Waals surface area contributed by atoms with Crippen LogP contribution in [0.5, 0.6) is 5.88 Å². The van der Waals surface area contributed by atoms with Crippen molar-refractivity contribution in [3.05, 3.63) is 23.8 Å². The van der Waals surface area contributed by atoms with Crippen molar-refractivity contribution in [3.8, 4) is 5.88 Å². The summed E-state index contributed by atoms with van der Waals surface area (Å²) in [7, 11) is 7.61. The lowest BCUT2D eigenvalue weighted by molar-refractivity contribution is 0.103. The van der Waals surface area contributed by atoms with Gasteiger partial charge in [0.15, 0.2) is 0 Å². The van der Waals surface area contributed by atoms with Gasteiger partial charge < -0.3 is 19.3 Å².